The Morgan fingerprint density at radius 3 is 2.27 bits per heavy atom. The first-order valence-electron chi connectivity index (χ1n) is 5.50. The highest BCUT2D eigenvalue weighted by Crippen LogP contribution is 2.42. The minimum absolute atomic E-state index is 0.329. The maximum absolute atomic E-state index is 11.3. The molecule has 1 aliphatic heterocycles. The van der Waals surface area contributed by atoms with E-state index in [1.54, 1.807) is 13.4 Å². The lowest BCUT2D eigenvalue weighted by Gasteiger charge is -2.38. The lowest BCUT2D eigenvalue weighted by atomic mass is 10.2. The van der Waals surface area contributed by atoms with E-state index >= 15 is 0 Å². The van der Waals surface area contributed by atoms with Crippen LogP contribution in [-0.4, -0.2) is 65.1 Å². The molecule has 0 aromatic heterocycles. The van der Waals surface area contributed by atoms with Crippen molar-refractivity contribution in [2.24, 2.45) is 0 Å². The summed E-state index contributed by atoms with van der Waals surface area (Å²) in [4.78, 5) is 2.51. The van der Waals surface area contributed by atoms with Gasteiger partial charge in [-0.3, -0.25) is 4.90 Å². The number of hydrogen-bond donors (Lipinski definition) is 0. The van der Waals surface area contributed by atoms with E-state index in [1.807, 2.05) is 4.31 Å². The van der Waals surface area contributed by atoms with Gasteiger partial charge in [0.05, 0.1) is 17.6 Å². The average molecular weight is 232 g/mol. The number of nitrogens with zero attached hydrogens (tertiary/aromatic N) is 2. The number of piperazine rings is 1. The summed E-state index contributed by atoms with van der Waals surface area (Å²) >= 11 is 0. The van der Waals surface area contributed by atoms with Crippen LogP contribution in [0, 0.1) is 0 Å². The van der Waals surface area contributed by atoms with Gasteiger partial charge in [0.25, 0.3) is 0 Å². The zero-order chi connectivity index (χ0) is 10.9. The summed E-state index contributed by atoms with van der Waals surface area (Å²) in [6, 6.07) is 0. The fourth-order valence-corrected chi connectivity index (χ4v) is 3.06. The van der Waals surface area contributed by atoms with Crippen LogP contribution in [-0.2, 0) is 15.7 Å². The van der Waals surface area contributed by atoms with E-state index in [0.29, 0.717) is 5.54 Å². The van der Waals surface area contributed by atoms with Crippen LogP contribution >= 0.6 is 0 Å². The number of rotatable bonds is 4. The molecule has 1 aliphatic carbocycles. The summed E-state index contributed by atoms with van der Waals surface area (Å²) in [7, 11) is 0.974. The Balaban J connectivity index is 1.85. The second kappa shape index (κ2) is 4.49. The highest BCUT2D eigenvalue weighted by Gasteiger charge is 2.48. The summed E-state index contributed by atoms with van der Waals surface area (Å²) in [5.41, 5.74) is 0.329. The molecule has 2 aliphatic rings. The van der Waals surface area contributed by atoms with Crippen LogP contribution in [0.2, 0.25) is 0 Å². The Labute approximate surface area is 94.2 Å². The van der Waals surface area contributed by atoms with Gasteiger partial charge in [0.15, 0.2) is 0 Å². The molecule has 15 heavy (non-hydrogen) atoms. The maximum Gasteiger partial charge on any atom is 0.0911 e. The molecule has 5 heteroatoms. The fraction of sp³-hybridized carbons (Fsp3) is 1.00. The summed E-state index contributed by atoms with van der Waals surface area (Å²) in [6.45, 7) is 4.76. The second-order valence-corrected chi connectivity index (χ2v) is 5.86. The summed E-state index contributed by atoms with van der Waals surface area (Å²) in [5, 5.41) is 0. The van der Waals surface area contributed by atoms with Crippen molar-refractivity contribution in [2.45, 2.75) is 18.4 Å². The van der Waals surface area contributed by atoms with Gasteiger partial charge in [0, 0.05) is 45.1 Å². The molecule has 88 valence electrons. The second-order valence-electron chi connectivity index (χ2n) is 4.50. The lowest BCUT2D eigenvalue weighted by molar-refractivity contribution is 0.0541. The van der Waals surface area contributed by atoms with Gasteiger partial charge in [-0.2, -0.15) is 0 Å². The Kier molecular flexibility index (Phi) is 3.45. The van der Waals surface area contributed by atoms with Crippen LogP contribution in [0.3, 0.4) is 0 Å². The van der Waals surface area contributed by atoms with Gasteiger partial charge in [-0.25, -0.2) is 8.51 Å². The molecule has 1 saturated heterocycles. The number of methoxy groups -OCH3 is 1. The van der Waals surface area contributed by atoms with Crippen LogP contribution in [0.15, 0.2) is 0 Å². The molecule has 0 aromatic rings. The molecule has 0 bridgehead atoms. The van der Waals surface area contributed by atoms with E-state index in [9.17, 15) is 4.21 Å². The standard InChI is InChI=1S/C10H20N2O2S/c1-14-9-10(3-4-10)11-5-7-12(8-6-11)15(2)13/h3-9H2,1-2H3. The zero-order valence-electron chi connectivity index (χ0n) is 9.57. The highest BCUT2D eigenvalue weighted by molar-refractivity contribution is 7.81. The topological polar surface area (TPSA) is 32.8 Å². The van der Waals surface area contributed by atoms with Gasteiger partial charge in [-0.05, 0) is 12.8 Å². The van der Waals surface area contributed by atoms with Gasteiger partial charge >= 0.3 is 0 Å². The summed E-state index contributed by atoms with van der Waals surface area (Å²) < 4.78 is 18.6. The minimum atomic E-state index is -0.802. The van der Waals surface area contributed by atoms with Gasteiger partial charge in [0.2, 0.25) is 0 Å². The SMILES string of the molecule is COCC1(N2CCN(S(C)=O)CC2)CC1. The fourth-order valence-electron chi connectivity index (χ4n) is 2.38. The van der Waals surface area contributed by atoms with Crippen LogP contribution in [0.25, 0.3) is 0 Å². The Morgan fingerprint density at radius 2 is 1.87 bits per heavy atom. The van der Waals surface area contributed by atoms with Crippen molar-refractivity contribution in [2.75, 3.05) is 46.2 Å². The minimum Gasteiger partial charge on any atom is -0.383 e. The molecule has 1 heterocycles. The summed E-state index contributed by atoms with van der Waals surface area (Å²) in [5.74, 6) is 0. The molecular formula is C10H20N2O2S. The van der Waals surface area contributed by atoms with Crippen LogP contribution < -0.4 is 0 Å². The van der Waals surface area contributed by atoms with Crippen molar-refractivity contribution in [3.63, 3.8) is 0 Å². The molecule has 1 saturated carbocycles. The normalized spacial score (nSPS) is 28.9. The Bertz CT molecular complexity index is 248. The van der Waals surface area contributed by atoms with Crippen LogP contribution in [0.4, 0.5) is 0 Å². The van der Waals surface area contributed by atoms with E-state index in [2.05, 4.69) is 4.90 Å². The average Bonchev–Trinajstić information content (AvgIpc) is 3.00. The maximum atomic E-state index is 11.3. The van der Waals surface area contributed by atoms with Gasteiger partial charge in [-0.15, -0.1) is 0 Å². The Morgan fingerprint density at radius 1 is 1.27 bits per heavy atom. The highest BCUT2D eigenvalue weighted by atomic mass is 32.2. The van der Waals surface area contributed by atoms with E-state index in [-0.39, 0.29) is 0 Å². The lowest BCUT2D eigenvalue weighted by Crippen LogP contribution is -2.52. The van der Waals surface area contributed by atoms with Gasteiger partial charge in [-0.1, -0.05) is 0 Å². The smallest absolute Gasteiger partial charge is 0.0911 e. The van der Waals surface area contributed by atoms with Crippen molar-refractivity contribution in [1.82, 2.24) is 9.21 Å². The molecule has 0 radical (unpaired) electrons. The zero-order valence-corrected chi connectivity index (χ0v) is 10.4. The van der Waals surface area contributed by atoms with Crippen molar-refractivity contribution in [1.29, 1.82) is 0 Å². The molecule has 0 N–H and O–H groups in total. The third-order valence-electron chi connectivity index (χ3n) is 3.51. The Hall–Kier alpha value is 0.0300. The third-order valence-corrected chi connectivity index (χ3v) is 4.61. The predicted molar refractivity (Wildman–Crippen MR) is 61.1 cm³/mol. The quantitative estimate of drug-likeness (QED) is 0.688. The van der Waals surface area contributed by atoms with Crippen molar-refractivity contribution in [3.8, 4) is 0 Å². The van der Waals surface area contributed by atoms with E-state index < -0.39 is 11.0 Å². The molecule has 0 spiro atoms. The van der Waals surface area contributed by atoms with E-state index in [4.69, 9.17) is 4.74 Å². The first-order chi connectivity index (χ1) is 7.18. The monoisotopic (exact) mass is 232 g/mol. The predicted octanol–water partition coefficient (Wildman–Crippen LogP) is 0.0765. The first-order valence-corrected chi connectivity index (χ1v) is 7.02. The first kappa shape index (κ1) is 11.5. The van der Waals surface area contributed by atoms with Crippen molar-refractivity contribution < 1.29 is 8.95 Å². The van der Waals surface area contributed by atoms with Crippen LogP contribution in [0.1, 0.15) is 12.8 Å². The molecule has 0 aromatic carbocycles. The number of hydrogen-bond acceptors (Lipinski definition) is 3. The number of ether oxygens (including phenoxy) is 1. The largest absolute Gasteiger partial charge is 0.383 e. The molecule has 1 atom stereocenters. The molecular weight excluding hydrogens is 212 g/mol. The molecule has 1 unspecified atom stereocenters. The van der Waals surface area contributed by atoms with Crippen molar-refractivity contribution in [3.05, 3.63) is 0 Å². The van der Waals surface area contributed by atoms with Gasteiger partial charge in [0.1, 0.15) is 0 Å². The molecule has 2 rings (SSSR count). The van der Waals surface area contributed by atoms with E-state index in [0.717, 1.165) is 32.8 Å². The third kappa shape index (κ3) is 2.41. The molecule has 0 amide bonds. The van der Waals surface area contributed by atoms with Crippen molar-refractivity contribution >= 4 is 11.0 Å². The summed E-state index contributed by atoms with van der Waals surface area (Å²) in [6.07, 6.45) is 4.28. The van der Waals surface area contributed by atoms with Crippen LogP contribution in [0.5, 0.6) is 0 Å². The van der Waals surface area contributed by atoms with E-state index in [1.165, 1.54) is 12.8 Å². The van der Waals surface area contributed by atoms with Gasteiger partial charge < -0.3 is 4.74 Å². The molecule has 4 nitrogen and oxygen atoms in total. The molecule has 2 fully saturated rings.